The molecule has 1 aromatic carbocycles. The average molecular weight is 278 g/mol. The topological polar surface area (TPSA) is 0 Å². The standard InChI is InChI=1S/C21H26/c1-14-4-6-16-7-8-19-17(13-18(16)12-14)10-11-21(3)15(2)5-9-20(19)21/h4,6-8,12,15,20H,5,9-11,13H2,1-3H3/t15-,20-,21+/m0/s1. The lowest BCUT2D eigenvalue weighted by Gasteiger charge is -2.41. The summed E-state index contributed by atoms with van der Waals surface area (Å²) in [6.07, 6.45) is 11.5. The van der Waals surface area contributed by atoms with Gasteiger partial charge in [0.05, 0.1) is 0 Å². The van der Waals surface area contributed by atoms with Crippen molar-refractivity contribution < 1.29 is 0 Å². The molecule has 0 spiro atoms. The van der Waals surface area contributed by atoms with Crippen molar-refractivity contribution in [1.82, 2.24) is 0 Å². The van der Waals surface area contributed by atoms with Crippen molar-refractivity contribution in [2.45, 2.75) is 52.9 Å². The second-order valence-electron chi connectivity index (χ2n) is 7.81. The van der Waals surface area contributed by atoms with E-state index in [4.69, 9.17) is 0 Å². The molecule has 1 fully saturated rings. The van der Waals surface area contributed by atoms with Crippen LogP contribution in [-0.4, -0.2) is 0 Å². The van der Waals surface area contributed by atoms with Gasteiger partial charge >= 0.3 is 0 Å². The van der Waals surface area contributed by atoms with E-state index in [0.717, 1.165) is 11.8 Å². The van der Waals surface area contributed by atoms with Gasteiger partial charge in [-0.05, 0) is 73.0 Å². The molecule has 0 aliphatic heterocycles. The lowest BCUT2D eigenvalue weighted by atomic mass is 9.63. The Morgan fingerprint density at radius 1 is 1.14 bits per heavy atom. The molecule has 0 unspecified atom stereocenters. The van der Waals surface area contributed by atoms with E-state index in [0.29, 0.717) is 5.41 Å². The van der Waals surface area contributed by atoms with Gasteiger partial charge in [-0.2, -0.15) is 0 Å². The van der Waals surface area contributed by atoms with Crippen molar-refractivity contribution in [1.29, 1.82) is 0 Å². The molecule has 0 heterocycles. The van der Waals surface area contributed by atoms with Crippen LogP contribution in [0.4, 0.5) is 0 Å². The summed E-state index contributed by atoms with van der Waals surface area (Å²) in [6.45, 7) is 7.24. The maximum absolute atomic E-state index is 2.55. The van der Waals surface area contributed by atoms with Crippen LogP contribution in [0, 0.1) is 24.2 Å². The van der Waals surface area contributed by atoms with Gasteiger partial charge in [0.1, 0.15) is 0 Å². The number of hydrogen-bond donors (Lipinski definition) is 0. The molecule has 4 rings (SSSR count). The lowest BCUT2D eigenvalue weighted by molar-refractivity contribution is 0.164. The quantitative estimate of drug-likeness (QED) is 0.570. The number of rotatable bonds is 0. The molecule has 0 bridgehead atoms. The zero-order valence-corrected chi connectivity index (χ0v) is 13.6. The van der Waals surface area contributed by atoms with E-state index in [1.165, 1.54) is 48.8 Å². The maximum Gasteiger partial charge on any atom is -0.00551 e. The lowest BCUT2D eigenvalue weighted by Crippen LogP contribution is -2.32. The molecule has 110 valence electrons. The fourth-order valence-electron chi connectivity index (χ4n) is 5.05. The zero-order valence-electron chi connectivity index (χ0n) is 13.6. The van der Waals surface area contributed by atoms with Crippen molar-refractivity contribution in [2.75, 3.05) is 0 Å². The summed E-state index contributed by atoms with van der Waals surface area (Å²) in [5, 5.41) is 0. The van der Waals surface area contributed by atoms with Gasteiger partial charge in [0.2, 0.25) is 0 Å². The highest BCUT2D eigenvalue weighted by Gasteiger charge is 2.47. The van der Waals surface area contributed by atoms with Gasteiger partial charge in [-0.3, -0.25) is 0 Å². The molecule has 1 saturated carbocycles. The molecule has 0 saturated heterocycles. The van der Waals surface area contributed by atoms with Crippen molar-refractivity contribution in [3.05, 3.63) is 52.1 Å². The predicted molar refractivity (Wildman–Crippen MR) is 90.2 cm³/mol. The van der Waals surface area contributed by atoms with Crippen molar-refractivity contribution >= 4 is 6.08 Å². The third-order valence-corrected chi connectivity index (χ3v) is 6.70. The van der Waals surface area contributed by atoms with E-state index in [2.05, 4.69) is 51.1 Å². The molecule has 3 aliphatic carbocycles. The molecule has 0 nitrogen and oxygen atoms in total. The van der Waals surface area contributed by atoms with Gasteiger partial charge in [-0.1, -0.05) is 55.3 Å². The Kier molecular flexibility index (Phi) is 2.93. The van der Waals surface area contributed by atoms with E-state index in [-0.39, 0.29) is 0 Å². The Morgan fingerprint density at radius 3 is 2.86 bits per heavy atom. The molecular weight excluding hydrogens is 252 g/mol. The smallest absolute Gasteiger partial charge is 0.00551 e. The fourth-order valence-corrected chi connectivity index (χ4v) is 5.05. The number of benzene rings is 1. The van der Waals surface area contributed by atoms with E-state index in [1.807, 2.05) is 0 Å². The molecule has 0 heteroatoms. The van der Waals surface area contributed by atoms with Crippen molar-refractivity contribution in [3.8, 4) is 0 Å². The average Bonchev–Trinajstić information content (AvgIpc) is 2.66. The number of fused-ring (bicyclic) bond motifs is 3. The van der Waals surface area contributed by atoms with Gasteiger partial charge in [-0.25, -0.2) is 0 Å². The Labute approximate surface area is 129 Å². The SMILES string of the molecule is Cc1ccc2c(c1)CC1=C(C=C2)[C@@H]2CC[C@H](C)[C@@]2(C)CC1. The molecule has 21 heavy (non-hydrogen) atoms. The second-order valence-corrected chi connectivity index (χ2v) is 7.81. The van der Waals surface area contributed by atoms with Gasteiger partial charge in [0.15, 0.2) is 0 Å². The van der Waals surface area contributed by atoms with Gasteiger partial charge in [0.25, 0.3) is 0 Å². The predicted octanol–water partition coefficient (Wildman–Crippen LogP) is 5.71. The van der Waals surface area contributed by atoms with Crippen LogP contribution in [0.1, 0.15) is 56.2 Å². The Bertz CT molecular complexity index is 646. The van der Waals surface area contributed by atoms with E-state index in [1.54, 1.807) is 11.1 Å². The minimum atomic E-state index is 0.551. The Morgan fingerprint density at radius 2 is 2.00 bits per heavy atom. The first kappa shape index (κ1) is 13.4. The van der Waals surface area contributed by atoms with Crippen LogP contribution >= 0.6 is 0 Å². The Hall–Kier alpha value is -1.30. The minimum Gasteiger partial charge on any atom is -0.0623 e. The third kappa shape index (κ3) is 1.95. The van der Waals surface area contributed by atoms with Crippen LogP contribution in [-0.2, 0) is 6.42 Å². The fraction of sp³-hybridized carbons (Fsp3) is 0.524. The number of allylic oxidation sites excluding steroid dienone is 3. The van der Waals surface area contributed by atoms with Crippen LogP contribution in [0.25, 0.3) is 6.08 Å². The molecule has 3 aliphatic rings. The molecule has 0 N–H and O–H groups in total. The van der Waals surface area contributed by atoms with E-state index >= 15 is 0 Å². The van der Waals surface area contributed by atoms with Gasteiger partial charge in [0, 0.05) is 0 Å². The first-order chi connectivity index (χ1) is 10.1. The Balaban J connectivity index is 1.78. The normalized spacial score (nSPS) is 34.2. The number of aryl methyl sites for hydroxylation is 1. The largest absolute Gasteiger partial charge is 0.0623 e. The summed E-state index contributed by atoms with van der Waals surface area (Å²) < 4.78 is 0. The minimum absolute atomic E-state index is 0.551. The monoisotopic (exact) mass is 278 g/mol. The first-order valence-electron chi connectivity index (χ1n) is 8.57. The maximum atomic E-state index is 2.55. The van der Waals surface area contributed by atoms with Crippen LogP contribution in [0.15, 0.2) is 35.4 Å². The third-order valence-electron chi connectivity index (χ3n) is 6.70. The molecule has 0 amide bonds. The van der Waals surface area contributed by atoms with Crippen LogP contribution in [0.2, 0.25) is 0 Å². The molecule has 3 atom stereocenters. The first-order valence-corrected chi connectivity index (χ1v) is 8.57. The van der Waals surface area contributed by atoms with Gasteiger partial charge < -0.3 is 0 Å². The van der Waals surface area contributed by atoms with Crippen molar-refractivity contribution in [2.24, 2.45) is 17.3 Å². The summed E-state index contributed by atoms with van der Waals surface area (Å²) in [6, 6.07) is 6.94. The van der Waals surface area contributed by atoms with E-state index < -0.39 is 0 Å². The summed E-state index contributed by atoms with van der Waals surface area (Å²) >= 11 is 0. The summed E-state index contributed by atoms with van der Waals surface area (Å²) in [7, 11) is 0. The highest BCUT2D eigenvalue weighted by molar-refractivity contribution is 5.62. The molecule has 1 aromatic rings. The second kappa shape index (κ2) is 4.60. The summed E-state index contributed by atoms with van der Waals surface area (Å²) in [5.41, 5.74) is 8.33. The zero-order chi connectivity index (χ0) is 14.6. The molecular formula is C21H26. The van der Waals surface area contributed by atoms with Crippen LogP contribution in [0.5, 0.6) is 0 Å². The number of hydrogen-bond acceptors (Lipinski definition) is 0. The van der Waals surface area contributed by atoms with Gasteiger partial charge in [-0.15, -0.1) is 0 Å². The summed E-state index contributed by atoms with van der Waals surface area (Å²) in [5.74, 6) is 1.70. The van der Waals surface area contributed by atoms with Crippen LogP contribution < -0.4 is 0 Å². The van der Waals surface area contributed by atoms with E-state index in [9.17, 15) is 0 Å². The summed E-state index contributed by atoms with van der Waals surface area (Å²) in [4.78, 5) is 0. The molecule has 0 radical (unpaired) electrons. The van der Waals surface area contributed by atoms with Crippen LogP contribution in [0.3, 0.4) is 0 Å². The highest BCUT2D eigenvalue weighted by Crippen LogP contribution is 2.58. The highest BCUT2D eigenvalue weighted by atomic mass is 14.5. The molecule has 0 aromatic heterocycles. The van der Waals surface area contributed by atoms with Crippen molar-refractivity contribution in [3.63, 3.8) is 0 Å².